The lowest BCUT2D eigenvalue weighted by molar-refractivity contribution is -0.122. The number of nitrogens with one attached hydrogen (secondary N) is 1. The lowest BCUT2D eigenvalue weighted by Crippen LogP contribution is -2.30. The fourth-order valence-corrected chi connectivity index (χ4v) is 2.33. The van der Waals surface area contributed by atoms with Crippen LogP contribution in [0, 0.1) is 5.82 Å². The predicted octanol–water partition coefficient (Wildman–Crippen LogP) is 4.33. The smallest absolute Gasteiger partial charge is 0.265 e. The topological polar surface area (TPSA) is 64.3 Å². The molecular formula is C19H23FN2O2. The summed E-state index contributed by atoms with van der Waals surface area (Å²) in [5.74, 6) is 0.0218. The molecule has 2 rings (SSSR count). The molecule has 0 saturated heterocycles. The molecule has 0 aliphatic rings. The number of amides is 1. The lowest BCUT2D eigenvalue weighted by Gasteiger charge is -2.19. The molecule has 0 spiro atoms. The molecule has 5 heteroatoms. The summed E-state index contributed by atoms with van der Waals surface area (Å²) in [7, 11) is 0. The van der Waals surface area contributed by atoms with Gasteiger partial charge in [-0.05, 0) is 49.1 Å². The van der Waals surface area contributed by atoms with Crippen molar-refractivity contribution in [3.8, 4) is 5.75 Å². The van der Waals surface area contributed by atoms with Crippen LogP contribution in [0.3, 0.4) is 0 Å². The van der Waals surface area contributed by atoms with Gasteiger partial charge in [-0.1, -0.05) is 32.0 Å². The highest BCUT2D eigenvalue weighted by atomic mass is 19.1. The molecule has 3 N–H and O–H groups in total. The van der Waals surface area contributed by atoms with Gasteiger partial charge in [-0.3, -0.25) is 4.79 Å². The molecule has 0 aliphatic heterocycles. The third-order valence-electron chi connectivity index (χ3n) is 3.98. The van der Waals surface area contributed by atoms with Crippen LogP contribution in [0.15, 0.2) is 42.5 Å². The molecule has 0 aromatic heterocycles. The van der Waals surface area contributed by atoms with Crippen molar-refractivity contribution in [2.24, 2.45) is 0 Å². The van der Waals surface area contributed by atoms with Crippen LogP contribution >= 0.6 is 0 Å². The Bertz CT molecular complexity index is 718. The first-order valence-corrected chi connectivity index (χ1v) is 8.03. The van der Waals surface area contributed by atoms with Gasteiger partial charge in [0.1, 0.15) is 11.6 Å². The first kappa shape index (κ1) is 17.8. The van der Waals surface area contributed by atoms with Gasteiger partial charge in [-0.15, -0.1) is 0 Å². The van der Waals surface area contributed by atoms with E-state index in [1.165, 1.54) is 18.2 Å². The number of nitrogens with two attached hydrogens (primary N) is 1. The van der Waals surface area contributed by atoms with Crippen molar-refractivity contribution < 1.29 is 13.9 Å². The van der Waals surface area contributed by atoms with E-state index in [9.17, 15) is 9.18 Å². The van der Waals surface area contributed by atoms with Gasteiger partial charge in [0.2, 0.25) is 0 Å². The van der Waals surface area contributed by atoms with Crippen molar-refractivity contribution in [1.29, 1.82) is 0 Å². The Labute approximate surface area is 141 Å². The minimum absolute atomic E-state index is 0.0469. The molecule has 1 amide bonds. The highest BCUT2D eigenvalue weighted by Crippen LogP contribution is 2.29. The normalized spacial score (nSPS) is 13.2. The number of carbonyl (C=O) groups excluding carboxylic acids is 1. The summed E-state index contributed by atoms with van der Waals surface area (Å²) in [5.41, 5.74) is 7.10. The summed E-state index contributed by atoms with van der Waals surface area (Å²) in [5, 5.41) is 2.51. The average molecular weight is 330 g/mol. The molecule has 0 fully saturated rings. The highest BCUT2D eigenvalue weighted by Gasteiger charge is 2.19. The van der Waals surface area contributed by atoms with Gasteiger partial charge in [0, 0.05) is 5.69 Å². The Morgan fingerprint density at radius 2 is 1.96 bits per heavy atom. The summed E-state index contributed by atoms with van der Waals surface area (Å²) in [6.07, 6.45) is 0.200. The summed E-state index contributed by atoms with van der Waals surface area (Å²) in [6, 6.07) is 11.7. The molecule has 2 aromatic rings. The SMILES string of the molecule is CC[C@@H](C)c1ccccc1O[C@H](C)C(=O)Nc1cc(N)ccc1F. The maximum absolute atomic E-state index is 13.7. The van der Waals surface area contributed by atoms with E-state index in [4.69, 9.17) is 10.5 Å². The van der Waals surface area contributed by atoms with Gasteiger partial charge < -0.3 is 15.8 Å². The van der Waals surface area contributed by atoms with Gasteiger partial charge in [0.15, 0.2) is 6.10 Å². The van der Waals surface area contributed by atoms with Gasteiger partial charge in [0.25, 0.3) is 5.91 Å². The lowest BCUT2D eigenvalue weighted by atomic mass is 9.98. The van der Waals surface area contributed by atoms with Crippen LogP contribution in [0.1, 0.15) is 38.7 Å². The molecule has 0 heterocycles. The monoisotopic (exact) mass is 330 g/mol. The molecule has 24 heavy (non-hydrogen) atoms. The van der Waals surface area contributed by atoms with Gasteiger partial charge >= 0.3 is 0 Å². The molecule has 2 aromatic carbocycles. The summed E-state index contributed by atoms with van der Waals surface area (Å²) in [4.78, 5) is 12.3. The van der Waals surface area contributed by atoms with Gasteiger partial charge in [0.05, 0.1) is 5.69 Å². The number of hydrogen-bond acceptors (Lipinski definition) is 3. The Hall–Kier alpha value is -2.56. The van der Waals surface area contributed by atoms with Crippen molar-refractivity contribution in [2.45, 2.75) is 39.2 Å². The second-order valence-electron chi connectivity index (χ2n) is 5.84. The second-order valence-corrected chi connectivity index (χ2v) is 5.84. The van der Waals surface area contributed by atoms with Crippen LogP contribution in [-0.2, 0) is 4.79 Å². The predicted molar refractivity (Wildman–Crippen MR) is 94.7 cm³/mol. The highest BCUT2D eigenvalue weighted by molar-refractivity contribution is 5.94. The Morgan fingerprint density at radius 1 is 1.25 bits per heavy atom. The number of hydrogen-bond donors (Lipinski definition) is 2. The maximum Gasteiger partial charge on any atom is 0.265 e. The van der Waals surface area contributed by atoms with E-state index in [0.29, 0.717) is 17.4 Å². The summed E-state index contributed by atoms with van der Waals surface area (Å²) >= 11 is 0. The van der Waals surface area contributed by atoms with Crippen LogP contribution < -0.4 is 15.8 Å². The third-order valence-corrected chi connectivity index (χ3v) is 3.98. The Balaban J connectivity index is 2.11. The van der Waals surface area contributed by atoms with Crippen LogP contribution in [0.25, 0.3) is 0 Å². The standard InChI is InChI=1S/C19H23FN2O2/c1-4-12(2)15-7-5-6-8-18(15)24-13(3)19(23)22-17-11-14(21)9-10-16(17)20/h5-13H,4,21H2,1-3H3,(H,22,23)/t12-,13-/m1/s1. The summed E-state index contributed by atoms with van der Waals surface area (Å²) < 4.78 is 19.5. The van der Waals surface area contributed by atoms with E-state index < -0.39 is 17.8 Å². The number of carbonyl (C=O) groups is 1. The quantitative estimate of drug-likeness (QED) is 0.775. The largest absolute Gasteiger partial charge is 0.481 e. The van der Waals surface area contributed by atoms with Crippen LogP contribution in [0.4, 0.5) is 15.8 Å². The Kier molecular flexibility index (Phi) is 5.79. The molecule has 128 valence electrons. The van der Waals surface area contributed by atoms with E-state index in [-0.39, 0.29) is 5.69 Å². The molecule has 2 atom stereocenters. The molecule has 0 unspecified atom stereocenters. The van der Waals surface area contributed by atoms with Crippen molar-refractivity contribution in [3.05, 3.63) is 53.8 Å². The number of benzene rings is 2. The van der Waals surface area contributed by atoms with Crippen LogP contribution in [0.2, 0.25) is 0 Å². The van der Waals surface area contributed by atoms with E-state index in [0.717, 1.165) is 12.0 Å². The first-order chi connectivity index (χ1) is 11.4. The fourth-order valence-electron chi connectivity index (χ4n) is 2.33. The van der Waals surface area contributed by atoms with E-state index in [1.807, 2.05) is 24.3 Å². The number of anilines is 2. The molecule has 0 radical (unpaired) electrons. The Morgan fingerprint density at radius 3 is 2.67 bits per heavy atom. The summed E-state index contributed by atoms with van der Waals surface area (Å²) in [6.45, 7) is 5.84. The van der Waals surface area contributed by atoms with E-state index >= 15 is 0 Å². The minimum Gasteiger partial charge on any atom is -0.481 e. The molecule has 4 nitrogen and oxygen atoms in total. The first-order valence-electron chi connectivity index (χ1n) is 8.03. The number of halogens is 1. The number of rotatable bonds is 6. The average Bonchev–Trinajstić information content (AvgIpc) is 2.57. The zero-order valence-electron chi connectivity index (χ0n) is 14.2. The number of ether oxygens (including phenoxy) is 1. The van der Waals surface area contributed by atoms with E-state index in [2.05, 4.69) is 19.2 Å². The van der Waals surface area contributed by atoms with Gasteiger partial charge in [-0.2, -0.15) is 0 Å². The van der Waals surface area contributed by atoms with Crippen molar-refractivity contribution in [2.75, 3.05) is 11.1 Å². The van der Waals surface area contributed by atoms with Crippen molar-refractivity contribution in [1.82, 2.24) is 0 Å². The third kappa shape index (κ3) is 4.25. The molecular weight excluding hydrogens is 307 g/mol. The zero-order valence-corrected chi connectivity index (χ0v) is 14.2. The fraction of sp³-hybridized carbons (Fsp3) is 0.316. The van der Waals surface area contributed by atoms with Crippen molar-refractivity contribution in [3.63, 3.8) is 0 Å². The van der Waals surface area contributed by atoms with Gasteiger partial charge in [-0.25, -0.2) is 4.39 Å². The number of para-hydroxylation sites is 1. The molecule has 0 aliphatic carbocycles. The molecule has 0 saturated carbocycles. The van der Waals surface area contributed by atoms with Crippen LogP contribution in [0.5, 0.6) is 5.75 Å². The molecule has 0 bridgehead atoms. The number of nitrogen functional groups attached to an aromatic ring is 1. The second kappa shape index (κ2) is 7.81. The minimum atomic E-state index is -0.768. The maximum atomic E-state index is 13.7. The van der Waals surface area contributed by atoms with Crippen LogP contribution in [-0.4, -0.2) is 12.0 Å². The van der Waals surface area contributed by atoms with E-state index in [1.54, 1.807) is 6.92 Å². The zero-order chi connectivity index (χ0) is 17.7. The van der Waals surface area contributed by atoms with Crippen molar-refractivity contribution >= 4 is 17.3 Å².